The van der Waals surface area contributed by atoms with E-state index in [1.807, 2.05) is 6.92 Å². The van der Waals surface area contributed by atoms with Gasteiger partial charge in [0.05, 0.1) is 0 Å². The lowest BCUT2D eigenvalue weighted by atomic mass is 10.1. The van der Waals surface area contributed by atoms with Crippen LogP contribution in [0.5, 0.6) is 0 Å². The third-order valence-electron chi connectivity index (χ3n) is 1.82. The minimum Gasteiger partial charge on any atom is -0.449 e. The van der Waals surface area contributed by atoms with E-state index in [1.165, 1.54) is 6.92 Å². The predicted molar refractivity (Wildman–Crippen MR) is 62.3 cm³/mol. The molecule has 0 aromatic carbocycles. The summed E-state index contributed by atoms with van der Waals surface area (Å²) in [4.78, 5) is 10.8. The molecule has 2 nitrogen and oxygen atoms in total. The molecule has 2 heteroatoms. The highest BCUT2D eigenvalue weighted by Gasteiger charge is 2.07. The highest BCUT2D eigenvalue weighted by molar-refractivity contribution is 5.66. The van der Waals surface area contributed by atoms with Crippen molar-refractivity contribution in [2.24, 2.45) is 0 Å². The first-order valence-corrected chi connectivity index (χ1v) is 5.40. The van der Waals surface area contributed by atoms with Gasteiger partial charge in [0.15, 0.2) is 6.10 Å². The van der Waals surface area contributed by atoms with Gasteiger partial charge >= 0.3 is 5.97 Å². The van der Waals surface area contributed by atoms with Gasteiger partial charge in [-0.3, -0.25) is 4.79 Å². The van der Waals surface area contributed by atoms with Crippen LogP contribution in [0, 0.1) is 11.8 Å². The van der Waals surface area contributed by atoms with Crippen molar-refractivity contribution in [3.8, 4) is 11.8 Å². The molecule has 15 heavy (non-hydrogen) atoms. The van der Waals surface area contributed by atoms with Gasteiger partial charge in [-0.15, -0.1) is 0 Å². The van der Waals surface area contributed by atoms with Crippen molar-refractivity contribution in [2.45, 2.75) is 52.6 Å². The molecule has 0 aliphatic carbocycles. The van der Waals surface area contributed by atoms with Gasteiger partial charge in [-0.05, 0) is 25.3 Å². The Morgan fingerprint density at radius 2 is 2.07 bits per heavy atom. The highest BCUT2D eigenvalue weighted by Crippen LogP contribution is 2.06. The molecule has 0 aliphatic heterocycles. The summed E-state index contributed by atoms with van der Waals surface area (Å²) in [5.41, 5.74) is 0.794. The first-order chi connectivity index (χ1) is 7.06. The Kier molecular flexibility index (Phi) is 7.44. The third kappa shape index (κ3) is 9.08. The highest BCUT2D eigenvalue weighted by atomic mass is 16.5. The average molecular weight is 208 g/mol. The summed E-state index contributed by atoms with van der Waals surface area (Å²) in [6.07, 6.45) is 3.88. The van der Waals surface area contributed by atoms with Crippen molar-refractivity contribution in [1.82, 2.24) is 0 Å². The molecule has 0 rings (SSSR count). The number of hydrogen-bond donors (Lipinski definition) is 0. The fraction of sp³-hybridized carbons (Fsp3) is 0.615. The van der Waals surface area contributed by atoms with Gasteiger partial charge in [-0.25, -0.2) is 0 Å². The first-order valence-electron chi connectivity index (χ1n) is 5.40. The van der Waals surface area contributed by atoms with Crippen molar-refractivity contribution in [1.29, 1.82) is 0 Å². The van der Waals surface area contributed by atoms with E-state index in [0.29, 0.717) is 0 Å². The molecule has 1 unspecified atom stereocenters. The van der Waals surface area contributed by atoms with E-state index in [0.717, 1.165) is 31.3 Å². The molecule has 0 radical (unpaired) electrons. The lowest BCUT2D eigenvalue weighted by Crippen LogP contribution is -2.14. The lowest BCUT2D eigenvalue weighted by Gasteiger charge is -2.10. The van der Waals surface area contributed by atoms with Crippen molar-refractivity contribution in [3.63, 3.8) is 0 Å². The summed E-state index contributed by atoms with van der Waals surface area (Å²) < 4.78 is 5.09. The van der Waals surface area contributed by atoms with Crippen LogP contribution in [-0.2, 0) is 9.53 Å². The Morgan fingerprint density at radius 1 is 1.40 bits per heavy atom. The van der Waals surface area contributed by atoms with E-state index >= 15 is 0 Å². The molecule has 0 saturated carbocycles. The first kappa shape index (κ1) is 13.8. The van der Waals surface area contributed by atoms with Gasteiger partial charge in [0.1, 0.15) is 0 Å². The van der Waals surface area contributed by atoms with Crippen LogP contribution < -0.4 is 0 Å². The van der Waals surface area contributed by atoms with E-state index in [1.54, 1.807) is 0 Å². The van der Waals surface area contributed by atoms with Crippen LogP contribution >= 0.6 is 0 Å². The minimum atomic E-state index is -0.272. The molecule has 84 valence electrons. The molecule has 0 spiro atoms. The Bertz CT molecular complexity index is 268. The standard InChI is InChI=1S/C13H20O2/c1-5-6-7-8-13(15-12(4)14)10-9-11(2)3/h13H,2,5-8H2,1,3-4H3. The summed E-state index contributed by atoms with van der Waals surface area (Å²) in [5.74, 6) is 5.50. The summed E-state index contributed by atoms with van der Waals surface area (Å²) in [5, 5.41) is 0. The lowest BCUT2D eigenvalue weighted by molar-refractivity contribution is -0.144. The second-order valence-corrected chi connectivity index (χ2v) is 3.64. The number of rotatable bonds is 5. The summed E-state index contributed by atoms with van der Waals surface area (Å²) in [6.45, 7) is 9.08. The molecule has 0 amide bonds. The fourth-order valence-electron chi connectivity index (χ4n) is 1.14. The van der Waals surface area contributed by atoms with Crippen LogP contribution in [0.4, 0.5) is 0 Å². The smallest absolute Gasteiger partial charge is 0.303 e. The summed E-state index contributed by atoms with van der Waals surface area (Å²) in [7, 11) is 0. The largest absolute Gasteiger partial charge is 0.449 e. The molecule has 0 aliphatic rings. The molecule has 0 aromatic rings. The van der Waals surface area contributed by atoms with Gasteiger partial charge in [0.2, 0.25) is 0 Å². The number of hydrogen-bond acceptors (Lipinski definition) is 2. The van der Waals surface area contributed by atoms with E-state index in [-0.39, 0.29) is 12.1 Å². The molecule has 0 fully saturated rings. The Labute approximate surface area is 92.7 Å². The zero-order chi connectivity index (χ0) is 11.7. The molecule has 0 N–H and O–H groups in total. The predicted octanol–water partition coefficient (Wildman–Crippen LogP) is 3.08. The number of carbonyl (C=O) groups is 1. The topological polar surface area (TPSA) is 26.3 Å². The molecule has 0 bridgehead atoms. The van der Waals surface area contributed by atoms with Crippen LogP contribution in [0.25, 0.3) is 0 Å². The number of esters is 1. The van der Waals surface area contributed by atoms with Crippen LogP contribution in [0.2, 0.25) is 0 Å². The van der Waals surface area contributed by atoms with E-state index in [9.17, 15) is 4.79 Å². The summed E-state index contributed by atoms with van der Waals surface area (Å²) >= 11 is 0. The fourth-order valence-corrected chi connectivity index (χ4v) is 1.14. The van der Waals surface area contributed by atoms with Crippen molar-refractivity contribution < 1.29 is 9.53 Å². The van der Waals surface area contributed by atoms with E-state index < -0.39 is 0 Å². The zero-order valence-electron chi connectivity index (χ0n) is 9.93. The third-order valence-corrected chi connectivity index (χ3v) is 1.82. The van der Waals surface area contributed by atoms with Crippen LogP contribution in [0.3, 0.4) is 0 Å². The maximum absolute atomic E-state index is 10.8. The Balaban J connectivity index is 4.14. The average Bonchev–Trinajstić information content (AvgIpc) is 2.13. The normalized spacial score (nSPS) is 11.1. The number of carbonyl (C=O) groups excluding carboxylic acids is 1. The molecule has 0 aromatic heterocycles. The van der Waals surface area contributed by atoms with Gasteiger partial charge < -0.3 is 4.74 Å². The molecule has 0 saturated heterocycles. The van der Waals surface area contributed by atoms with Gasteiger partial charge in [0, 0.05) is 6.92 Å². The minimum absolute atomic E-state index is 0.271. The van der Waals surface area contributed by atoms with E-state index in [2.05, 4.69) is 25.3 Å². The second-order valence-electron chi connectivity index (χ2n) is 3.64. The van der Waals surface area contributed by atoms with Crippen LogP contribution in [0.15, 0.2) is 12.2 Å². The Hall–Kier alpha value is -1.23. The van der Waals surface area contributed by atoms with Crippen molar-refractivity contribution >= 4 is 5.97 Å². The number of allylic oxidation sites excluding steroid dienone is 1. The SMILES string of the molecule is C=C(C)C#CC(CCCCC)OC(C)=O. The molecular weight excluding hydrogens is 188 g/mol. The summed E-state index contributed by atoms with van der Waals surface area (Å²) in [6, 6.07) is 0. The van der Waals surface area contributed by atoms with Gasteiger partial charge in [-0.1, -0.05) is 38.2 Å². The molecule has 1 atom stereocenters. The number of ether oxygens (including phenoxy) is 1. The van der Waals surface area contributed by atoms with Crippen molar-refractivity contribution in [3.05, 3.63) is 12.2 Å². The second kappa shape index (κ2) is 8.11. The van der Waals surface area contributed by atoms with E-state index in [4.69, 9.17) is 4.74 Å². The molecule has 0 heterocycles. The van der Waals surface area contributed by atoms with Gasteiger partial charge in [-0.2, -0.15) is 0 Å². The van der Waals surface area contributed by atoms with Crippen LogP contribution in [0.1, 0.15) is 46.5 Å². The Morgan fingerprint density at radius 3 is 2.53 bits per heavy atom. The van der Waals surface area contributed by atoms with Crippen molar-refractivity contribution in [2.75, 3.05) is 0 Å². The zero-order valence-corrected chi connectivity index (χ0v) is 9.93. The number of unbranched alkanes of at least 4 members (excludes halogenated alkanes) is 2. The quantitative estimate of drug-likeness (QED) is 0.394. The maximum atomic E-state index is 10.8. The maximum Gasteiger partial charge on any atom is 0.303 e. The molecular formula is C13H20O2. The van der Waals surface area contributed by atoms with Crippen LogP contribution in [-0.4, -0.2) is 12.1 Å². The van der Waals surface area contributed by atoms with Gasteiger partial charge in [0.25, 0.3) is 0 Å². The monoisotopic (exact) mass is 208 g/mol.